The average Bonchev–Trinajstić information content (AvgIpc) is 2.67. The zero-order valence-corrected chi connectivity index (χ0v) is 18.4. The first-order valence-electron chi connectivity index (χ1n) is 8.95. The van der Waals surface area contributed by atoms with Crippen molar-refractivity contribution in [2.24, 2.45) is 0 Å². The molecule has 9 heteroatoms. The van der Waals surface area contributed by atoms with Crippen LogP contribution in [0.15, 0.2) is 47.4 Å². The maximum atomic E-state index is 12.5. The maximum absolute atomic E-state index is 12.5. The standard InChI is InChI=1S/C20H22Cl2N2O4S/c1-3-24(13-18(25)23-20-16(21)5-4-6-17(20)22)19(26)11-12-29(27,28)15-9-7-14(2)8-10-15/h4-10H,3,11-13H2,1-2H3,(H,23,25). The fourth-order valence-electron chi connectivity index (χ4n) is 2.59. The van der Waals surface area contributed by atoms with Crippen molar-refractivity contribution in [1.29, 1.82) is 0 Å². The molecule has 0 atom stereocenters. The number of anilines is 1. The first-order chi connectivity index (χ1) is 13.6. The van der Waals surface area contributed by atoms with Gasteiger partial charge in [0.1, 0.15) is 0 Å². The summed E-state index contributed by atoms with van der Waals surface area (Å²) >= 11 is 12.1. The van der Waals surface area contributed by atoms with Crippen LogP contribution in [0.1, 0.15) is 18.9 Å². The molecule has 2 rings (SSSR count). The number of rotatable bonds is 8. The summed E-state index contributed by atoms with van der Waals surface area (Å²) in [5.41, 5.74) is 1.22. The molecule has 0 spiro atoms. The molecule has 0 unspecified atom stereocenters. The van der Waals surface area contributed by atoms with Crippen LogP contribution in [-0.4, -0.2) is 44.0 Å². The van der Waals surface area contributed by atoms with Gasteiger partial charge in [0.15, 0.2) is 9.84 Å². The van der Waals surface area contributed by atoms with Crippen LogP contribution < -0.4 is 5.32 Å². The van der Waals surface area contributed by atoms with Gasteiger partial charge in [-0.1, -0.05) is 47.0 Å². The van der Waals surface area contributed by atoms with E-state index < -0.39 is 21.7 Å². The third-order valence-electron chi connectivity index (χ3n) is 4.26. The molecule has 2 amide bonds. The van der Waals surface area contributed by atoms with Crippen molar-refractivity contribution in [2.75, 3.05) is 24.2 Å². The molecule has 156 valence electrons. The summed E-state index contributed by atoms with van der Waals surface area (Å²) in [4.78, 5) is 26.2. The molecular weight excluding hydrogens is 435 g/mol. The van der Waals surface area contributed by atoms with Gasteiger partial charge in [-0.3, -0.25) is 9.59 Å². The lowest BCUT2D eigenvalue weighted by Crippen LogP contribution is -2.38. The van der Waals surface area contributed by atoms with Gasteiger partial charge in [-0.2, -0.15) is 0 Å². The maximum Gasteiger partial charge on any atom is 0.244 e. The van der Waals surface area contributed by atoms with Gasteiger partial charge < -0.3 is 10.2 Å². The van der Waals surface area contributed by atoms with E-state index in [0.717, 1.165) is 5.56 Å². The second kappa shape index (κ2) is 10.1. The van der Waals surface area contributed by atoms with E-state index >= 15 is 0 Å². The molecule has 0 saturated heterocycles. The molecule has 2 aromatic carbocycles. The topological polar surface area (TPSA) is 83.6 Å². The number of carbonyl (C=O) groups excluding carboxylic acids is 2. The van der Waals surface area contributed by atoms with Crippen LogP contribution in [0.3, 0.4) is 0 Å². The van der Waals surface area contributed by atoms with Gasteiger partial charge in [-0.25, -0.2) is 8.42 Å². The molecule has 0 bridgehead atoms. The van der Waals surface area contributed by atoms with Gasteiger partial charge in [0.2, 0.25) is 11.8 Å². The molecule has 0 aliphatic rings. The fourth-order valence-corrected chi connectivity index (χ4v) is 4.31. The van der Waals surface area contributed by atoms with Gasteiger partial charge in [0.05, 0.1) is 32.9 Å². The number of nitrogens with zero attached hydrogens (tertiary/aromatic N) is 1. The van der Waals surface area contributed by atoms with Crippen molar-refractivity contribution in [3.63, 3.8) is 0 Å². The van der Waals surface area contributed by atoms with Crippen LogP contribution in [0.5, 0.6) is 0 Å². The Hall–Kier alpha value is -2.09. The second-order valence-electron chi connectivity index (χ2n) is 6.43. The van der Waals surface area contributed by atoms with Crippen molar-refractivity contribution in [3.8, 4) is 0 Å². The minimum Gasteiger partial charge on any atom is -0.334 e. The molecule has 0 aliphatic heterocycles. The SMILES string of the molecule is CCN(CC(=O)Nc1c(Cl)cccc1Cl)C(=O)CCS(=O)(=O)c1ccc(C)cc1. The highest BCUT2D eigenvalue weighted by molar-refractivity contribution is 7.91. The molecule has 0 saturated carbocycles. The number of likely N-dealkylation sites (N-methyl/N-ethyl adjacent to an activating group) is 1. The zero-order chi connectivity index (χ0) is 21.6. The molecular formula is C20H22Cl2N2O4S. The Bertz CT molecular complexity index is 972. The van der Waals surface area contributed by atoms with E-state index in [9.17, 15) is 18.0 Å². The Morgan fingerprint density at radius 1 is 1.03 bits per heavy atom. The van der Waals surface area contributed by atoms with E-state index in [1.165, 1.54) is 17.0 Å². The highest BCUT2D eigenvalue weighted by Gasteiger charge is 2.21. The van der Waals surface area contributed by atoms with Crippen molar-refractivity contribution < 1.29 is 18.0 Å². The first kappa shape index (κ1) is 23.2. The summed E-state index contributed by atoms with van der Waals surface area (Å²) in [6.45, 7) is 3.59. The smallest absolute Gasteiger partial charge is 0.244 e. The summed E-state index contributed by atoms with van der Waals surface area (Å²) in [5, 5.41) is 3.15. The number of amides is 2. The van der Waals surface area contributed by atoms with Gasteiger partial charge in [-0.15, -0.1) is 0 Å². The van der Waals surface area contributed by atoms with E-state index in [2.05, 4.69) is 5.32 Å². The Balaban J connectivity index is 1.97. The predicted molar refractivity (Wildman–Crippen MR) is 115 cm³/mol. The van der Waals surface area contributed by atoms with E-state index in [-0.39, 0.29) is 45.9 Å². The normalized spacial score (nSPS) is 11.2. The largest absolute Gasteiger partial charge is 0.334 e. The summed E-state index contributed by atoms with van der Waals surface area (Å²) in [7, 11) is -3.59. The molecule has 0 heterocycles. The number of carbonyl (C=O) groups is 2. The van der Waals surface area contributed by atoms with E-state index in [0.29, 0.717) is 0 Å². The lowest BCUT2D eigenvalue weighted by atomic mass is 10.2. The second-order valence-corrected chi connectivity index (χ2v) is 9.36. The lowest BCUT2D eigenvalue weighted by molar-refractivity contribution is -0.134. The number of benzene rings is 2. The van der Waals surface area contributed by atoms with Gasteiger partial charge in [0, 0.05) is 13.0 Å². The molecule has 0 aromatic heterocycles. The number of para-hydroxylation sites is 1. The Labute approximate surface area is 180 Å². The molecule has 0 fully saturated rings. The highest BCUT2D eigenvalue weighted by atomic mass is 35.5. The van der Waals surface area contributed by atoms with Gasteiger partial charge in [-0.05, 0) is 38.1 Å². The Morgan fingerprint density at radius 2 is 1.62 bits per heavy atom. The van der Waals surface area contributed by atoms with Crippen molar-refractivity contribution in [1.82, 2.24) is 4.90 Å². The minimum atomic E-state index is -3.59. The number of nitrogens with one attached hydrogen (secondary N) is 1. The van der Waals surface area contributed by atoms with Crippen LogP contribution in [-0.2, 0) is 19.4 Å². The first-order valence-corrected chi connectivity index (χ1v) is 11.4. The van der Waals surface area contributed by atoms with Crippen molar-refractivity contribution in [3.05, 3.63) is 58.1 Å². The highest BCUT2D eigenvalue weighted by Crippen LogP contribution is 2.29. The van der Waals surface area contributed by atoms with Crippen molar-refractivity contribution in [2.45, 2.75) is 25.2 Å². The molecule has 0 aliphatic carbocycles. The molecule has 6 nitrogen and oxygen atoms in total. The van der Waals surface area contributed by atoms with E-state index in [1.807, 2.05) is 6.92 Å². The van der Waals surface area contributed by atoms with Crippen LogP contribution in [0, 0.1) is 6.92 Å². The number of sulfone groups is 1. The molecule has 2 aromatic rings. The number of halogens is 2. The monoisotopic (exact) mass is 456 g/mol. The minimum absolute atomic E-state index is 0.171. The quantitative estimate of drug-likeness (QED) is 0.651. The fraction of sp³-hybridized carbons (Fsp3) is 0.300. The molecule has 1 N–H and O–H groups in total. The third-order valence-corrected chi connectivity index (χ3v) is 6.62. The number of aryl methyl sites for hydroxylation is 1. The van der Waals surface area contributed by atoms with Crippen molar-refractivity contribution >= 4 is 50.5 Å². The van der Waals surface area contributed by atoms with Gasteiger partial charge in [0.25, 0.3) is 0 Å². The Kier molecular flexibility index (Phi) is 8.07. The predicted octanol–water partition coefficient (Wildman–Crippen LogP) is 3.95. The van der Waals surface area contributed by atoms with Crippen LogP contribution in [0.25, 0.3) is 0 Å². The number of hydrogen-bond donors (Lipinski definition) is 1. The summed E-state index contributed by atoms with van der Waals surface area (Å²) in [6.07, 6.45) is -0.218. The van der Waals surface area contributed by atoms with E-state index in [4.69, 9.17) is 23.2 Å². The summed E-state index contributed by atoms with van der Waals surface area (Å²) < 4.78 is 24.8. The van der Waals surface area contributed by atoms with Gasteiger partial charge >= 0.3 is 0 Å². The third kappa shape index (κ3) is 6.45. The lowest BCUT2D eigenvalue weighted by Gasteiger charge is -2.21. The zero-order valence-electron chi connectivity index (χ0n) is 16.1. The van der Waals surface area contributed by atoms with E-state index in [1.54, 1.807) is 37.3 Å². The van der Waals surface area contributed by atoms with Crippen LogP contribution in [0.2, 0.25) is 10.0 Å². The summed E-state index contributed by atoms with van der Waals surface area (Å²) in [6, 6.07) is 11.3. The average molecular weight is 457 g/mol. The van der Waals surface area contributed by atoms with Crippen LogP contribution >= 0.6 is 23.2 Å². The Morgan fingerprint density at radius 3 is 2.17 bits per heavy atom. The van der Waals surface area contributed by atoms with Crippen LogP contribution in [0.4, 0.5) is 5.69 Å². The summed E-state index contributed by atoms with van der Waals surface area (Å²) in [5.74, 6) is -1.23. The molecule has 0 radical (unpaired) electrons. The molecule has 29 heavy (non-hydrogen) atoms. The number of hydrogen-bond acceptors (Lipinski definition) is 4.